The van der Waals surface area contributed by atoms with Crippen molar-refractivity contribution >= 4 is 0 Å². The third-order valence-corrected chi connectivity index (χ3v) is 1.42. The van der Waals surface area contributed by atoms with Crippen molar-refractivity contribution in [2.75, 3.05) is 6.61 Å². The van der Waals surface area contributed by atoms with Crippen LogP contribution in [-0.2, 0) is 4.74 Å². The van der Waals surface area contributed by atoms with Gasteiger partial charge in [-0.3, -0.25) is 0 Å². The fourth-order valence-electron chi connectivity index (χ4n) is 0.697. The van der Waals surface area contributed by atoms with Gasteiger partial charge in [-0.2, -0.15) is 0 Å². The van der Waals surface area contributed by atoms with E-state index < -0.39 is 0 Å². The number of nitrogens with two attached hydrogens (primary N) is 1. The molecular formula is C7H15NO. The molecule has 1 saturated carbocycles. The minimum Gasteiger partial charge on any atom is -0.376 e. The van der Waals surface area contributed by atoms with Gasteiger partial charge in [-0.15, -0.1) is 0 Å². The Hall–Kier alpha value is -0.0800. The maximum Gasteiger partial charge on any atom is 0.0742 e. The van der Waals surface area contributed by atoms with Gasteiger partial charge in [0.1, 0.15) is 0 Å². The number of ether oxygens (including phenoxy) is 1. The van der Waals surface area contributed by atoms with Crippen LogP contribution in [0.2, 0.25) is 0 Å². The molecule has 0 spiro atoms. The summed E-state index contributed by atoms with van der Waals surface area (Å²) in [6, 6.07) is 0.337. The largest absolute Gasteiger partial charge is 0.376 e. The van der Waals surface area contributed by atoms with Crippen LogP contribution in [0.4, 0.5) is 0 Å². The van der Waals surface area contributed by atoms with Crippen molar-refractivity contribution < 1.29 is 4.74 Å². The van der Waals surface area contributed by atoms with E-state index in [9.17, 15) is 0 Å². The van der Waals surface area contributed by atoms with Crippen molar-refractivity contribution in [2.45, 2.75) is 32.4 Å². The summed E-state index contributed by atoms with van der Waals surface area (Å²) in [5, 5.41) is 0. The zero-order valence-electron chi connectivity index (χ0n) is 6.13. The summed E-state index contributed by atoms with van der Waals surface area (Å²) in [5.74, 6) is 0.637. The molecule has 0 radical (unpaired) electrons. The van der Waals surface area contributed by atoms with Crippen molar-refractivity contribution in [2.24, 2.45) is 11.7 Å². The zero-order chi connectivity index (χ0) is 6.85. The highest BCUT2D eigenvalue weighted by atomic mass is 16.5. The van der Waals surface area contributed by atoms with Gasteiger partial charge in [-0.25, -0.2) is 0 Å². The van der Waals surface area contributed by atoms with Gasteiger partial charge < -0.3 is 10.5 Å². The highest BCUT2D eigenvalue weighted by molar-refractivity contribution is 4.91. The van der Waals surface area contributed by atoms with Crippen LogP contribution < -0.4 is 5.73 Å². The van der Waals surface area contributed by atoms with Crippen molar-refractivity contribution in [3.05, 3.63) is 0 Å². The molecule has 0 heterocycles. The van der Waals surface area contributed by atoms with Crippen LogP contribution in [0, 0.1) is 5.92 Å². The third-order valence-electron chi connectivity index (χ3n) is 1.42. The predicted octanol–water partition coefficient (Wildman–Crippen LogP) is 0.759. The Kier molecular flexibility index (Phi) is 2.09. The number of rotatable bonds is 3. The molecule has 0 saturated heterocycles. The van der Waals surface area contributed by atoms with Crippen LogP contribution >= 0.6 is 0 Å². The molecule has 9 heavy (non-hydrogen) atoms. The lowest BCUT2D eigenvalue weighted by Gasteiger charge is -2.03. The molecule has 54 valence electrons. The smallest absolute Gasteiger partial charge is 0.0742 e. The molecule has 0 aromatic heterocycles. The van der Waals surface area contributed by atoms with Gasteiger partial charge in [0.05, 0.1) is 6.10 Å². The fourth-order valence-corrected chi connectivity index (χ4v) is 0.697. The topological polar surface area (TPSA) is 35.2 Å². The van der Waals surface area contributed by atoms with Gasteiger partial charge in [-0.05, 0) is 12.3 Å². The summed E-state index contributed by atoms with van der Waals surface area (Å²) in [5.41, 5.74) is 5.53. The highest BCUT2D eigenvalue weighted by Crippen LogP contribution is 2.22. The van der Waals surface area contributed by atoms with Crippen molar-refractivity contribution in [3.8, 4) is 0 Å². The van der Waals surface area contributed by atoms with E-state index in [1.807, 2.05) is 0 Å². The van der Waals surface area contributed by atoms with Crippen LogP contribution in [0.25, 0.3) is 0 Å². The van der Waals surface area contributed by atoms with E-state index in [-0.39, 0.29) is 0 Å². The van der Waals surface area contributed by atoms with E-state index in [4.69, 9.17) is 10.5 Å². The van der Waals surface area contributed by atoms with E-state index in [1.54, 1.807) is 0 Å². The standard InChI is InChI=1S/C7H15NO/c1-5(2)4-9-7-3-6(7)8/h5-7H,3-4,8H2,1-2H3/t6-,7+/m0/s1. The molecule has 0 bridgehead atoms. The summed E-state index contributed by atoms with van der Waals surface area (Å²) < 4.78 is 5.40. The molecular weight excluding hydrogens is 114 g/mol. The first-order valence-electron chi connectivity index (χ1n) is 3.57. The Labute approximate surface area is 56.4 Å². The summed E-state index contributed by atoms with van der Waals surface area (Å²) >= 11 is 0. The first-order chi connectivity index (χ1) is 4.20. The maximum atomic E-state index is 5.53. The third kappa shape index (κ3) is 2.33. The van der Waals surface area contributed by atoms with Crippen LogP contribution in [0.15, 0.2) is 0 Å². The molecule has 0 aliphatic heterocycles. The lowest BCUT2D eigenvalue weighted by molar-refractivity contribution is 0.0928. The molecule has 0 amide bonds. The molecule has 0 aromatic carbocycles. The maximum absolute atomic E-state index is 5.53. The van der Waals surface area contributed by atoms with Gasteiger partial charge in [-0.1, -0.05) is 13.8 Å². The van der Waals surface area contributed by atoms with Gasteiger partial charge in [0.25, 0.3) is 0 Å². The second kappa shape index (κ2) is 2.67. The molecule has 2 nitrogen and oxygen atoms in total. The summed E-state index contributed by atoms with van der Waals surface area (Å²) in [4.78, 5) is 0. The Morgan fingerprint density at radius 3 is 2.56 bits per heavy atom. The average molecular weight is 129 g/mol. The van der Waals surface area contributed by atoms with Gasteiger partial charge in [0.15, 0.2) is 0 Å². The predicted molar refractivity (Wildman–Crippen MR) is 37.2 cm³/mol. The lowest BCUT2D eigenvalue weighted by Crippen LogP contribution is -2.11. The van der Waals surface area contributed by atoms with Crippen molar-refractivity contribution in [3.63, 3.8) is 0 Å². The second-order valence-electron chi connectivity index (χ2n) is 3.17. The van der Waals surface area contributed by atoms with Gasteiger partial charge in [0.2, 0.25) is 0 Å². The first-order valence-corrected chi connectivity index (χ1v) is 3.57. The fraction of sp³-hybridized carbons (Fsp3) is 1.00. The molecule has 2 N–H and O–H groups in total. The summed E-state index contributed by atoms with van der Waals surface area (Å²) in [6.45, 7) is 5.15. The summed E-state index contributed by atoms with van der Waals surface area (Å²) in [6.07, 6.45) is 1.44. The molecule has 1 aliphatic rings. The molecule has 0 unspecified atom stereocenters. The quantitative estimate of drug-likeness (QED) is 0.610. The molecule has 1 fully saturated rings. The lowest BCUT2D eigenvalue weighted by atomic mass is 10.2. The van der Waals surface area contributed by atoms with Gasteiger partial charge in [0, 0.05) is 12.6 Å². The normalized spacial score (nSPS) is 33.3. The zero-order valence-corrected chi connectivity index (χ0v) is 6.13. The van der Waals surface area contributed by atoms with Crippen LogP contribution in [0.5, 0.6) is 0 Å². The number of hydrogen-bond donors (Lipinski definition) is 1. The first kappa shape index (κ1) is 7.03. The van der Waals surface area contributed by atoms with Crippen LogP contribution in [0.1, 0.15) is 20.3 Å². The summed E-state index contributed by atoms with van der Waals surface area (Å²) in [7, 11) is 0. The minimum atomic E-state index is 0.337. The number of hydrogen-bond acceptors (Lipinski definition) is 2. The van der Waals surface area contributed by atoms with E-state index in [2.05, 4.69) is 13.8 Å². The molecule has 2 heteroatoms. The van der Waals surface area contributed by atoms with E-state index in [0.29, 0.717) is 18.1 Å². The van der Waals surface area contributed by atoms with Crippen molar-refractivity contribution in [1.82, 2.24) is 0 Å². The molecule has 0 aromatic rings. The average Bonchev–Trinajstić information content (AvgIpc) is 2.42. The second-order valence-corrected chi connectivity index (χ2v) is 3.17. The van der Waals surface area contributed by atoms with E-state index >= 15 is 0 Å². The SMILES string of the molecule is CC(C)CO[C@@H]1C[C@@H]1N. The van der Waals surface area contributed by atoms with E-state index in [1.165, 1.54) is 0 Å². The minimum absolute atomic E-state index is 0.337. The molecule has 2 atom stereocenters. The van der Waals surface area contributed by atoms with Gasteiger partial charge >= 0.3 is 0 Å². The van der Waals surface area contributed by atoms with Crippen LogP contribution in [-0.4, -0.2) is 18.8 Å². The molecule has 1 aliphatic carbocycles. The Morgan fingerprint density at radius 1 is 1.67 bits per heavy atom. The van der Waals surface area contributed by atoms with Crippen LogP contribution in [0.3, 0.4) is 0 Å². The Bertz CT molecular complexity index is 92.9. The Morgan fingerprint density at radius 2 is 2.22 bits per heavy atom. The van der Waals surface area contributed by atoms with E-state index in [0.717, 1.165) is 13.0 Å². The highest BCUT2D eigenvalue weighted by Gasteiger charge is 2.34. The monoisotopic (exact) mass is 129 g/mol. The Balaban J connectivity index is 1.94. The van der Waals surface area contributed by atoms with Crippen molar-refractivity contribution in [1.29, 1.82) is 0 Å². The molecule has 1 rings (SSSR count).